The average Bonchev–Trinajstić information content (AvgIpc) is 2.33. The molecule has 108 valence electrons. The van der Waals surface area contributed by atoms with Gasteiger partial charge < -0.3 is 15.4 Å². The fraction of sp³-hybridized carbons (Fsp3) is 0.438. The van der Waals surface area contributed by atoms with Crippen molar-refractivity contribution < 1.29 is 9.53 Å². The first-order chi connectivity index (χ1) is 9.22. The summed E-state index contributed by atoms with van der Waals surface area (Å²) in [4.78, 5) is 14.3. The number of amides is 1. The summed E-state index contributed by atoms with van der Waals surface area (Å²) in [6.45, 7) is 11.8. The van der Waals surface area contributed by atoms with Crippen molar-refractivity contribution in [3.63, 3.8) is 0 Å². The molecule has 0 spiro atoms. The third-order valence-electron chi connectivity index (χ3n) is 3.35. The van der Waals surface area contributed by atoms with Gasteiger partial charge in [-0.15, -0.1) is 0 Å². The van der Waals surface area contributed by atoms with Gasteiger partial charge in [-0.2, -0.15) is 0 Å². The Hall–Kier alpha value is -1.81. The number of fused-ring (bicyclic) bond motifs is 1. The van der Waals surface area contributed by atoms with Crippen molar-refractivity contribution in [3.8, 4) is 5.75 Å². The highest BCUT2D eigenvalue weighted by atomic mass is 16.5. The molecule has 1 aliphatic heterocycles. The lowest BCUT2D eigenvalue weighted by Crippen LogP contribution is -2.52. The van der Waals surface area contributed by atoms with E-state index in [0.717, 1.165) is 16.8 Å². The first-order valence-corrected chi connectivity index (χ1v) is 6.77. The lowest BCUT2D eigenvalue weighted by Gasteiger charge is -2.39. The molecule has 0 radical (unpaired) electrons. The second kappa shape index (κ2) is 4.94. The van der Waals surface area contributed by atoms with Gasteiger partial charge >= 0.3 is 0 Å². The third kappa shape index (κ3) is 2.56. The van der Waals surface area contributed by atoms with E-state index in [9.17, 15) is 4.79 Å². The Bertz CT molecular complexity index is 562. The summed E-state index contributed by atoms with van der Waals surface area (Å²) >= 11 is 0. The van der Waals surface area contributed by atoms with E-state index < -0.39 is 5.60 Å². The summed E-state index contributed by atoms with van der Waals surface area (Å²) in [5.74, 6) is 0.648. The minimum absolute atomic E-state index is 0.0603. The van der Waals surface area contributed by atoms with Crippen LogP contribution >= 0.6 is 0 Å². The molecule has 2 N–H and O–H groups in total. The van der Waals surface area contributed by atoms with Crippen LogP contribution in [-0.4, -0.2) is 18.1 Å². The minimum Gasteiger partial charge on any atom is -0.476 e. The second-order valence-corrected chi connectivity index (χ2v) is 5.98. The number of carbonyl (C=O) groups is 1. The van der Waals surface area contributed by atoms with Gasteiger partial charge in [-0.05, 0) is 45.4 Å². The summed E-state index contributed by atoms with van der Waals surface area (Å²) in [5.41, 5.74) is 7.73. The fourth-order valence-electron chi connectivity index (χ4n) is 2.29. The van der Waals surface area contributed by atoms with Crippen LogP contribution in [0.2, 0.25) is 0 Å². The molecule has 1 heterocycles. The highest BCUT2D eigenvalue weighted by Gasteiger charge is 2.40. The zero-order chi connectivity index (χ0) is 15.1. The Morgan fingerprint density at radius 1 is 1.50 bits per heavy atom. The van der Waals surface area contributed by atoms with Crippen molar-refractivity contribution in [2.75, 3.05) is 11.4 Å². The van der Waals surface area contributed by atoms with Gasteiger partial charge in [0.25, 0.3) is 5.91 Å². The summed E-state index contributed by atoms with van der Waals surface area (Å²) in [6.07, 6.45) is 0. The van der Waals surface area contributed by atoms with E-state index >= 15 is 0 Å². The summed E-state index contributed by atoms with van der Waals surface area (Å²) in [5, 5.41) is 0. The van der Waals surface area contributed by atoms with Crippen molar-refractivity contribution >= 4 is 11.6 Å². The molecule has 1 amide bonds. The summed E-state index contributed by atoms with van der Waals surface area (Å²) in [6, 6.07) is 5.66. The molecule has 1 aromatic carbocycles. The van der Waals surface area contributed by atoms with Gasteiger partial charge in [-0.1, -0.05) is 18.2 Å². The van der Waals surface area contributed by atoms with Crippen LogP contribution in [0.1, 0.15) is 39.3 Å². The number of benzene rings is 1. The molecule has 20 heavy (non-hydrogen) atoms. The molecule has 0 aliphatic carbocycles. The van der Waals surface area contributed by atoms with Gasteiger partial charge in [0.05, 0.1) is 5.69 Å². The molecule has 0 bridgehead atoms. The molecule has 0 saturated carbocycles. The normalized spacial score (nSPS) is 18.2. The number of hydrogen-bond acceptors (Lipinski definition) is 3. The van der Waals surface area contributed by atoms with E-state index in [2.05, 4.69) is 6.58 Å². The van der Waals surface area contributed by atoms with Gasteiger partial charge in [0.15, 0.2) is 5.60 Å². The number of nitrogens with zero attached hydrogens (tertiary/aromatic N) is 1. The largest absolute Gasteiger partial charge is 0.476 e. The number of hydrogen-bond donors (Lipinski definition) is 1. The minimum atomic E-state index is -0.863. The Kier molecular flexibility index (Phi) is 3.61. The topological polar surface area (TPSA) is 55.6 Å². The maximum atomic E-state index is 12.6. The molecular formula is C16H22N2O2. The number of carbonyl (C=O) groups excluding carboxylic acids is 1. The molecule has 1 aromatic rings. The highest BCUT2D eigenvalue weighted by molar-refractivity contribution is 6.02. The van der Waals surface area contributed by atoms with Gasteiger partial charge in [-0.25, -0.2) is 0 Å². The van der Waals surface area contributed by atoms with Crippen LogP contribution in [0.15, 0.2) is 30.4 Å². The van der Waals surface area contributed by atoms with Crippen LogP contribution in [0, 0.1) is 0 Å². The Morgan fingerprint density at radius 2 is 2.15 bits per heavy atom. The number of ether oxygens (including phenoxy) is 1. The first-order valence-electron chi connectivity index (χ1n) is 6.77. The van der Waals surface area contributed by atoms with E-state index in [1.165, 1.54) is 0 Å². The standard InChI is InChI=1S/C16H22N2O2/c1-10(2)9-18-13-8-12(11(3)17)6-7-14(13)20-16(4,5)15(18)19/h6-8,11H,1,9,17H2,2-5H3. The van der Waals surface area contributed by atoms with Crippen LogP contribution in [0.5, 0.6) is 5.75 Å². The van der Waals surface area contributed by atoms with Crippen molar-refractivity contribution in [3.05, 3.63) is 35.9 Å². The number of nitrogens with two attached hydrogens (primary N) is 1. The molecule has 0 aromatic heterocycles. The lowest BCUT2D eigenvalue weighted by molar-refractivity contribution is -0.132. The molecule has 0 saturated heterocycles. The Labute approximate surface area is 120 Å². The summed E-state index contributed by atoms with van der Waals surface area (Å²) < 4.78 is 5.82. The van der Waals surface area contributed by atoms with Crippen LogP contribution in [0.25, 0.3) is 0 Å². The van der Waals surface area contributed by atoms with Gasteiger partial charge in [0.2, 0.25) is 0 Å². The number of rotatable bonds is 3. The van der Waals surface area contributed by atoms with Gasteiger partial charge in [-0.3, -0.25) is 4.79 Å². The van der Waals surface area contributed by atoms with E-state index in [1.54, 1.807) is 18.7 Å². The van der Waals surface area contributed by atoms with Crippen molar-refractivity contribution in [2.24, 2.45) is 5.73 Å². The molecule has 1 unspecified atom stereocenters. The SMILES string of the molecule is C=C(C)CN1C(=O)C(C)(C)Oc2ccc(C(C)N)cc21. The van der Waals surface area contributed by atoms with Crippen LogP contribution in [0.4, 0.5) is 5.69 Å². The molecule has 4 heteroatoms. The Morgan fingerprint density at radius 3 is 2.70 bits per heavy atom. The Balaban J connectivity index is 2.53. The molecule has 4 nitrogen and oxygen atoms in total. The third-order valence-corrected chi connectivity index (χ3v) is 3.35. The van der Waals surface area contributed by atoms with Crippen molar-refractivity contribution in [2.45, 2.75) is 39.3 Å². The number of anilines is 1. The van der Waals surface area contributed by atoms with Crippen LogP contribution < -0.4 is 15.4 Å². The van der Waals surface area contributed by atoms with E-state index in [4.69, 9.17) is 10.5 Å². The zero-order valence-electron chi connectivity index (χ0n) is 12.6. The van der Waals surface area contributed by atoms with Crippen LogP contribution in [-0.2, 0) is 4.79 Å². The maximum absolute atomic E-state index is 12.6. The predicted molar refractivity (Wildman–Crippen MR) is 80.9 cm³/mol. The lowest BCUT2D eigenvalue weighted by atomic mass is 10.0. The fourth-order valence-corrected chi connectivity index (χ4v) is 2.29. The smallest absolute Gasteiger partial charge is 0.270 e. The highest BCUT2D eigenvalue weighted by Crippen LogP contribution is 2.39. The predicted octanol–water partition coefficient (Wildman–Crippen LogP) is 2.79. The maximum Gasteiger partial charge on any atom is 0.270 e. The van der Waals surface area contributed by atoms with E-state index in [-0.39, 0.29) is 11.9 Å². The second-order valence-electron chi connectivity index (χ2n) is 5.98. The molecule has 1 aliphatic rings. The van der Waals surface area contributed by atoms with E-state index in [1.807, 2.05) is 32.0 Å². The van der Waals surface area contributed by atoms with Crippen molar-refractivity contribution in [1.29, 1.82) is 0 Å². The zero-order valence-corrected chi connectivity index (χ0v) is 12.6. The molecular weight excluding hydrogens is 252 g/mol. The van der Waals surface area contributed by atoms with Gasteiger partial charge in [0, 0.05) is 12.6 Å². The molecule has 1 atom stereocenters. The van der Waals surface area contributed by atoms with Crippen molar-refractivity contribution in [1.82, 2.24) is 0 Å². The quantitative estimate of drug-likeness (QED) is 0.862. The first kappa shape index (κ1) is 14.6. The average molecular weight is 274 g/mol. The van der Waals surface area contributed by atoms with Crippen LogP contribution in [0.3, 0.4) is 0 Å². The van der Waals surface area contributed by atoms with Gasteiger partial charge in [0.1, 0.15) is 5.75 Å². The summed E-state index contributed by atoms with van der Waals surface area (Å²) in [7, 11) is 0. The van der Waals surface area contributed by atoms with E-state index in [0.29, 0.717) is 12.3 Å². The molecule has 0 fully saturated rings. The molecule has 2 rings (SSSR count). The monoisotopic (exact) mass is 274 g/mol.